The standard InChI is InChI=1S/C35H33N7O3/c1-41(2)22-32(43)37-26-13-15-27(16-14-26)38-35-36-19-18-28(39-35)34-33(40-31-11-7-8-20-42(31)34)25-12-17-29(30(21-25)44-3)45-23-24-9-5-4-6-10-24/h4-21H,22-23H2,1-3H3,(H,37,43)(H,36,38,39). The Hall–Kier alpha value is -5.74. The number of likely N-dealkylation sites (N-methyl/N-ethyl adjacent to an activating group) is 1. The average molecular weight is 600 g/mol. The molecule has 0 saturated carbocycles. The van der Waals surface area contributed by atoms with Crippen molar-refractivity contribution >= 4 is 28.9 Å². The van der Waals surface area contributed by atoms with Crippen LogP contribution in [0.1, 0.15) is 5.56 Å². The zero-order valence-electron chi connectivity index (χ0n) is 25.3. The number of amides is 1. The lowest BCUT2D eigenvalue weighted by atomic mass is 10.1. The van der Waals surface area contributed by atoms with Gasteiger partial charge in [-0.05, 0) is 80.3 Å². The second-order valence-corrected chi connectivity index (χ2v) is 10.6. The fourth-order valence-corrected chi connectivity index (χ4v) is 4.92. The van der Waals surface area contributed by atoms with Gasteiger partial charge < -0.3 is 25.0 Å². The van der Waals surface area contributed by atoms with Crippen LogP contribution in [0.15, 0.2) is 109 Å². The van der Waals surface area contributed by atoms with E-state index in [-0.39, 0.29) is 5.91 Å². The molecule has 0 aliphatic carbocycles. The SMILES string of the molecule is COc1cc(-c2nc3ccccn3c2-c2ccnc(Nc3ccc(NC(=O)CN(C)C)cc3)n2)ccc1OCc1ccccc1. The summed E-state index contributed by atoms with van der Waals surface area (Å²) in [5.41, 5.74) is 6.46. The molecule has 0 bridgehead atoms. The molecule has 6 aromatic rings. The Morgan fingerprint density at radius 2 is 1.64 bits per heavy atom. The molecule has 0 spiro atoms. The summed E-state index contributed by atoms with van der Waals surface area (Å²) < 4.78 is 13.8. The molecule has 3 heterocycles. The molecule has 0 aliphatic heterocycles. The number of benzene rings is 3. The highest BCUT2D eigenvalue weighted by molar-refractivity contribution is 5.92. The molecule has 6 rings (SSSR count). The molecule has 0 fully saturated rings. The highest BCUT2D eigenvalue weighted by Crippen LogP contribution is 2.37. The van der Waals surface area contributed by atoms with E-state index in [4.69, 9.17) is 19.4 Å². The third-order valence-electron chi connectivity index (χ3n) is 6.99. The summed E-state index contributed by atoms with van der Waals surface area (Å²) in [4.78, 5) is 28.2. The van der Waals surface area contributed by atoms with Crippen LogP contribution in [0, 0.1) is 0 Å². The predicted octanol–water partition coefficient (Wildman–Crippen LogP) is 6.29. The smallest absolute Gasteiger partial charge is 0.238 e. The van der Waals surface area contributed by atoms with E-state index in [1.165, 1.54) is 0 Å². The Bertz CT molecular complexity index is 1920. The van der Waals surface area contributed by atoms with Crippen LogP contribution in [-0.2, 0) is 11.4 Å². The maximum Gasteiger partial charge on any atom is 0.238 e. The van der Waals surface area contributed by atoms with Crippen LogP contribution < -0.4 is 20.1 Å². The Morgan fingerprint density at radius 1 is 0.867 bits per heavy atom. The number of carbonyl (C=O) groups excluding carboxylic acids is 1. The number of aromatic nitrogens is 4. The normalized spacial score (nSPS) is 11.0. The van der Waals surface area contributed by atoms with Gasteiger partial charge in [-0.15, -0.1) is 0 Å². The molecular weight excluding hydrogens is 566 g/mol. The maximum absolute atomic E-state index is 12.1. The summed E-state index contributed by atoms with van der Waals surface area (Å²) in [5.74, 6) is 1.61. The van der Waals surface area contributed by atoms with Crippen LogP contribution in [-0.4, -0.2) is 57.9 Å². The lowest BCUT2D eigenvalue weighted by Gasteiger charge is -2.13. The molecule has 45 heavy (non-hydrogen) atoms. The second-order valence-electron chi connectivity index (χ2n) is 10.6. The van der Waals surface area contributed by atoms with E-state index in [0.717, 1.165) is 33.8 Å². The third-order valence-corrected chi connectivity index (χ3v) is 6.99. The van der Waals surface area contributed by atoms with Crippen molar-refractivity contribution in [3.05, 3.63) is 115 Å². The second kappa shape index (κ2) is 13.3. The zero-order chi connectivity index (χ0) is 31.2. The van der Waals surface area contributed by atoms with Gasteiger partial charge in [-0.3, -0.25) is 9.20 Å². The quantitative estimate of drug-likeness (QED) is 0.179. The number of ether oxygens (including phenoxy) is 2. The van der Waals surface area contributed by atoms with E-state index < -0.39 is 0 Å². The molecule has 0 aliphatic rings. The zero-order valence-corrected chi connectivity index (χ0v) is 25.3. The lowest BCUT2D eigenvalue weighted by molar-refractivity contribution is -0.116. The minimum Gasteiger partial charge on any atom is -0.493 e. The minimum atomic E-state index is -0.0763. The Kier molecular flexibility index (Phi) is 8.65. The Balaban J connectivity index is 1.28. The van der Waals surface area contributed by atoms with Gasteiger partial charge in [0.25, 0.3) is 0 Å². The number of nitrogens with zero attached hydrogens (tertiary/aromatic N) is 5. The molecule has 226 valence electrons. The number of methoxy groups -OCH3 is 1. The van der Waals surface area contributed by atoms with Crippen LogP contribution in [0.3, 0.4) is 0 Å². The molecule has 3 aromatic carbocycles. The fraction of sp³-hybridized carbons (Fsp3) is 0.143. The topological polar surface area (TPSA) is 106 Å². The predicted molar refractivity (Wildman–Crippen MR) is 176 cm³/mol. The number of nitrogens with one attached hydrogen (secondary N) is 2. The Morgan fingerprint density at radius 3 is 2.42 bits per heavy atom. The van der Waals surface area contributed by atoms with Crippen LogP contribution in [0.25, 0.3) is 28.3 Å². The largest absolute Gasteiger partial charge is 0.493 e. The first kappa shape index (κ1) is 29.3. The van der Waals surface area contributed by atoms with E-state index in [1.807, 2.05) is 127 Å². The van der Waals surface area contributed by atoms with Crippen molar-refractivity contribution in [2.45, 2.75) is 6.61 Å². The summed E-state index contributed by atoms with van der Waals surface area (Å²) in [6.45, 7) is 0.742. The van der Waals surface area contributed by atoms with Gasteiger partial charge in [0.1, 0.15) is 12.3 Å². The molecule has 10 heteroatoms. The fourth-order valence-electron chi connectivity index (χ4n) is 4.92. The van der Waals surface area contributed by atoms with E-state index in [2.05, 4.69) is 15.6 Å². The summed E-state index contributed by atoms with van der Waals surface area (Å²) in [6.07, 6.45) is 3.68. The lowest BCUT2D eigenvalue weighted by Crippen LogP contribution is -2.27. The van der Waals surface area contributed by atoms with Gasteiger partial charge in [0.05, 0.1) is 30.7 Å². The number of hydrogen-bond acceptors (Lipinski definition) is 8. The van der Waals surface area contributed by atoms with Crippen LogP contribution in [0.4, 0.5) is 17.3 Å². The van der Waals surface area contributed by atoms with E-state index in [9.17, 15) is 4.79 Å². The van der Waals surface area contributed by atoms with Gasteiger partial charge in [0.15, 0.2) is 11.5 Å². The number of imidazole rings is 1. The average Bonchev–Trinajstić information content (AvgIpc) is 3.45. The van der Waals surface area contributed by atoms with E-state index >= 15 is 0 Å². The van der Waals surface area contributed by atoms with E-state index in [0.29, 0.717) is 42.0 Å². The monoisotopic (exact) mass is 599 g/mol. The molecule has 0 saturated heterocycles. The number of fused-ring (bicyclic) bond motifs is 1. The maximum atomic E-state index is 12.1. The first-order valence-electron chi connectivity index (χ1n) is 14.4. The first-order chi connectivity index (χ1) is 22.0. The van der Waals surface area contributed by atoms with Crippen molar-refractivity contribution in [2.75, 3.05) is 38.4 Å². The Labute approximate surface area is 261 Å². The number of pyridine rings is 1. The highest BCUT2D eigenvalue weighted by Gasteiger charge is 2.19. The van der Waals surface area contributed by atoms with E-state index in [1.54, 1.807) is 13.3 Å². The summed E-state index contributed by atoms with van der Waals surface area (Å²) in [6, 6.07) is 31.0. The molecule has 0 radical (unpaired) electrons. The molecule has 3 aromatic heterocycles. The van der Waals surface area contributed by atoms with Gasteiger partial charge in [-0.1, -0.05) is 36.4 Å². The van der Waals surface area contributed by atoms with Gasteiger partial charge in [-0.25, -0.2) is 15.0 Å². The number of anilines is 3. The van der Waals surface area contributed by atoms with Crippen LogP contribution in [0.5, 0.6) is 11.5 Å². The highest BCUT2D eigenvalue weighted by atomic mass is 16.5. The van der Waals surface area contributed by atoms with Crippen molar-refractivity contribution in [1.82, 2.24) is 24.3 Å². The van der Waals surface area contributed by atoms with Crippen molar-refractivity contribution in [2.24, 2.45) is 0 Å². The molecule has 0 unspecified atom stereocenters. The summed E-state index contributed by atoms with van der Waals surface area (Å²) in [7, 11) is 5.34. The number of hydrogen-bond donors (Lipinski definition) is 2. The molecule has 2 N–H and O–H groups in total. The molecule has 1 amide bonds. The van der Waals surface area contributed by atoms with Crippen LogP contribution >= 0.6 is 0 Å². The van der Waals surface area contributed by atoms with Gasteiger partial charge >= 0.3 is 0 Å². The van der Waals surface area contributed by atoms with Crippen molar-refractivity contribution in [3.63, 3.8) is 0 Å². The summed E-state index contributed by atoms with van der Waals surface area (Å²) in [5, 5.41) is 6.16. The third kappa shape index (κ3) is 6.92. The minimum absolute atomic E-state index is 0.0763. The summed E-state index contributed by atoms with van der Waals surface area (Å²) >= 11 is 0. The van der Waals surface area contributed by atoms with Crippen molar-refractivity contribution in [3.8, 4) is 34.1 Å². The van der Waals surface area contributed by atoms with Crippen LogP contribution in [0.2, 0.25) is 0 Å². The first-order valence-corrected chi connectivity index (χ1v) is 14.4. The number of carbonyl (C=O) groups is 1. The molecule has 0 atom stereocenters. The van der Waals surface area contributed by atoms with Gasteiger partial charge in [0, 0.05) is 29.3 Å². The van der Waals surface area contributed by atoms with Crippen molar-refractivity contribution < 1.29 is 14.3 Å². The van der Waals surface area contributed by atoms with Crippen molar-refractivity contribution in [1.29, 1.82) is 0 Å². The van der Waals surface area contributed by atoms with Gasteiger partial charge in [0.2, 0.25) is 11.9 Å². The van der Waals surface area contributed by atoms with Gasteiger partial charge in [-0.2, -0.15) is 0 Å². The molecular formula is C35H33N7O3. The number of rotatable bonds is 11. The molecule has 10 nitrogen and oxygen atoms in total.